The van der Waals surface area contributed by atoms with E-state index >= 15 is 0 Å². The molecule has 0 aromatic heterocycles. The van der Waals surface area contributed by atoms with Crippen molar-refractivity contribution in [1.29, 1.82) is 0 Å². The molecule has 0 unspecified atom stereocenters. The number of esters is 2. The van der Waals surface area contributed by atoms with Crippen molar-refractivity contribution in [2.75, 3.05) is 0 Å². The Morgan fingerprint density at radius 2 is 1.67 bits per heavy atom. The van der Waals surface area contributed by atoms with Crippen molar-refractivity contribution in [3.63, 3.8) is 0 Å². The van der Waals surface area contributed by atoms with E-state index in [4.69, 9.17) is 9.79 Å². The van der Waals surface area contributed by atoms with Crippen LogP contribution in [0.25, 0.3) is 0 Å². The molecular weight excluding hydrogens is 223 g/mol. The van der Waals surface area contributed by atoms with Gasteiger partial charge in [0, 0.05) is 0 Å². The number of ether oxygens (including phenoxy) is 1. The van der Waals surface area contributed by atoms with E-state index in [-0.39, 0.29) is 16.4 Å². The molecule has 0 amide bonds. The van der Waals surface area contributed by atoms with Gasteiger partial charge in [-0.25, -0.2) is 9.59 Å². The molecule has 7 heteroatoms. The van der Waals surface area contributed by atoms with Crippen LogP contribution in [0, 0.1) is 0 Å². The summed E-state index contributed by atoms with van der Waals surface area (Å²) in [6, 6.07) is 3.24. The summed E-state index contributed by atoms with van der Waals surface area (Å²) in [5.41, 5.74) is -0.0852. The summed E-state index contributed by atoms with van der Waals surface area (Å²) in [4.78, 5) is 39.8. The molecule has 0 fully saturated rings. The molecule has 2 N–H and O–H groups in total. The van der Waals surface area contributed by atoms with Gasteiger partial charge in [0.1, 0.15) is 0 Å². The number of hydrogen-bond donors (Lipinski definition) is 2. The third kappa shape index (κ3) is 1.59. The molecule has 0 bridgehead atoms. The summed E-state index contributed by atoms with van der Waals surface area (Å²) < 4.78 is 15.1. The van der Waals surface area contributed by atoms with Crippen LogP contribution in [0.15, 0.2) is 18.2 Å². The van der Waals surface area contributed by atoms with E-state index in [2.05, 4.69) is 4.74 Å². The number of carbonyl (C=O) groups excluding carboxylic acids is 2. The van der Waals surface area contributed by atoms with E-state index in [9.17, 15) is 14.2 Å². The van der Waals surface area contributed by atoms with Crippen LogP contribution in [0.3, 0.4) is 0 Å². The lowest BCUT2D eigenvalue weighted by Gasteiger charge is -2.03. The minimum atomic E-state index is -4.42. The Hall–Kier alpha value is -1.49. The Morgan fingerprint density at radius 3 is 2.27 bits per heavy atom. The first kappa shape index (κ1) is 10.0. The molecule has 2 rings (SSSR count). The van der Waals surface area contributed by atoms with Crippen LogP contribution in [0.4, 0.5) is 0 Å². The van der Waals surface area contributed by atoms with Gasteiger partial charge in [0.15, 0.2) is 0 Å². The predicted octanol–water partition coefficient (Wildman–Crippen LogP) is -0.200. The van der Waals surface area contributed by atoms with Crippen molar-refractivity contribution in [3.8, 4) is 0 Å². The van der Waals surface area contributed by atoms with Crippen LogP contribution in [0.5, 0.6) is 0 Å². The predicted molar refractivity (Wildman–Crippen MR) is 47.9 cm³/mol. The van der Waals surface area contributed by atoms with Crippen LogP contribution in [-0.2, 0) is 9.30 Å². The third-order valence-corrected chi connectivity index (χ3v) is 2.92. The van der Waals surface area contributed by atoms with Crippen molar-refractivity contribution in [2.24, 2.45) is 0 Å². The van der Waals surface area contributed by atoms with E-state index in [0.717, 1.165) is 18.2 Å². The van der Waals surface area contributed by atoms with Gasteiger partial charge in [0.2, 0.25) is 0 Å². The number of rotatable bonds is 1. The first-order valence-electron chi connectivity index (χ1n) is 3.86. The van der Waals surface area contributed by atoms with Gasteiger partial charge in [0.05, 0.1) is 16.4 Å². The average molecular weight is 228 g/mol. The maximum absolute atomic E-state index is 11.1. The van der Waals surface area contributed by atoms with Gasteiger partial charge in [-0.15, -0.1) is 0 Å². The molecule has 1 aliphatic heterocycles. The van der Waals surface area contributed by atoms with Gasteiger partial charge in [-0.2, -0.15) is 0 Å². The van der Waals surface area contributed by atoms with Crippen LogP contribution in [0.1, 0.15) is 20.7 Å². The Balaban J connectivity index is 2.62. The maximum Gasteiger partial charge on any atom is 0.356 e. The average Bonchev–Trinajstić information content (AvgIpc) is 2.41. The topological polar surface area (TPSA) is 101 Å². The smallest absolute Gasteiger partial charge is 0.356 e. The van der Waals surface area contributed by atoms with E-state index in [1.54, 1.807) is 0 Å². The second kappa shape index (κ2) is 3.00. The fraction of sp³-hybridized carbons (Fsp3) is 0. The number of hydrogen-bond acceptors (Lipinski definition) is 4. The van der Waals surface area contributed by atoms with E-state index in [1.807, 2.05) is 0 Å². The highest BCUT2D eigenvalue weighted by Gasteiger charge is 2.31. The summed E-state index contributed by atoms with van der Waals surface area (Å²) in [6.07, 6.45) is 0. The number of fused-ring (bicyclic) bond motifs is 1. The molecule has 1 aliphatic rings. The summed E-state index contributed by atoms with van der Waals surface area (Å²) >= 11 is 0. The van der Waals surface area contributed by atoms with Crippen molar-refractivity contribution < 1.29 is 28.7 Å². The molecule has 0 saturated heterocycles. The second-order valence-electron chi connectivity index (χ2n) is 2.95. The van der Waals surface area contributed by atoms with Gasteiger partial charge in [0.25, 0.3) is 0 Å². The van der Waals surface area contributed by atoms with Gasteiger partial charge >= 0.3 is 19.5 Å². The molecule has 1 aromatic carbocycles. The molecule has 0 saturated carbocycles. The lowest BCUT2D eigenvalue weighted by atomic mass is 10.1. The Morgan fingerprint density at radius 1 is 1.07 bits per heavy atom. The molecule has 78 valence electrons. The van der Waals surface area contributed by atoms with Crippen LogP contribution in [0.2, 0.25) is 0 Å². The lowest BCUT2D eigenvalue weighted by molar-refractivity contribution is 0.0444. The quantitative estimate of drug-likeness (QED) is 0.392. The van der Waals surface area contributed by atoms with Gasteiger partial charge in [-0.05, 0) is 18.2 Å². The number of carbonyl (C=O) groups is 2. The van der Waals surface area contributed by atoms with Crippen molar-refractivity contribution in [3.05, 3.63) is 29.3 Å². The zero-order chi connectivity index (χ0) is 11.2. The molecule has 1 heterocycles. The first-order valence-corrected chi connectivity index (χ1v) is 5.47. The van der Waals surface area contributed by atoms with Gasteiger partial charge in [-0.3, -0.25) is 4.57 Å². The van der Waals surface area contributed by atoms with Crippen molar-refractivity contribution >= 4 is 24.8 Å². The Labute approximate surface area is 83.6 Å². The van der Waals surface area contributed by atoms with Crippen molar-refractivity contribution in [1.82, 2.24) is 0 Å². The molecule has 1 aromatic rings. The molecule has 6 nitrogen and oxygen atoms in total. The largest absolute Gasteiger partial charge is 0.386 e. The van der Waals surface area contributed by atoms with Crippen molar-refractivity contribution in [2.45, 2.75) is 0 Å². The number of cyclic esters (lactones) is 2. The zero-order valence-corrected chi connectivity index (χ0v) is 8.10. The minimum Gasteiger partial charge on any atom is -0.386 e. The second-order valence-corrected chi connectivity index (χ2v) is 4.56. The summed E-state index contributed by atoms with van der Waals surface area (Å²) in [5, 5.41) is -0.312. The molecule has 0 radical (unpaired) electrons. The van der Waals surface area contributed by atoms with Gasteiger partial charge < -0.3 is 14.5 Å². The standard InChI is InChI=1S/C8H5O6P/c9-7-5-2-1-4(15(11,12)13)3-6(5)8(10)14-7/h1-3H,(H2,11,12,13). The van der Waals surface area contributed by atoms with Crippen LogP contribution >= 0.6 is 7.60 Å². The normalized spacial score (nSPS) is 15.1. The SMILES string of the molecule is O=C1OC(=O)c2cc(P(=O)(O)O)ccc21. The van der Waals surface area contributed by atoms with Crippen LogP contribution in [-0.4, -0.2) is 21.7 Å². The highest BCUT2D eigenvalue weighted by molar-refractivity contribution is 7.60. The molecule has 15 heavy (non-hydrogen) atoms. The first-order chi connectivity index (χ1) is 6.89. The maximum atomic E-state index is 11.1. The van der Waals surface area contributed by atoms with Gasteiger partial charge in [-0.1, -0.05) is 0 Å². The lowest BCUT2D eigenvalue weighted by Crippen LogP contribution is -2.06. The Bertz CT molecular complexity index is 514. The summed E-state index contributed by atoms with van der Waals surface area (Å²) in [5.74, 6) is -1.68. The zero-order valence-electron chi connectivity index (χ0n) is 7.21. The van der Waals surface area contributed by atoms with E-state index < -0.39 is 19.5 Å². The highest BCUT2D eigenvalue weighted by atomic mass is 31.2. The molecular formula is C8H5O6P. The van der Waals surface area contributed by atoms with Crippen LogP contribution < -0.4 is 5.30 Å². The minimum absolute atomic E-state index is 0.0252. The molecule has 0 aliphatic carbocycles. The summed E-state index contributed by atoms with van der Waals surface area (Å²) in [7, 11) is -4.42. The number of benzene rings is 1. The monoisotopic (exact) mass is 228 g/mol. The fourth-order valence-electron chi connectivity index (χ4n) is 1.25. The third-order valence-electron chi connectivity index (χ3n) is 1.96. The highest BCUT2D eigenvalue weighted by Crippen LogP contribution is 2.34. The summed E-state index contributed by atoms with van der Waals surface area (Å²) in [6.45, 7) is 0. The van der Waals surface area contributed by atoms with E-state index in [0.29, 0.717) is 0 Å². The van der Waals surface area contributed by atoms with E-state index in [1.165, 1.54) is 0 Å². The molecule has 0 spiro atoms. The molecule has 0 atom stereocenters. The fourth-order valence-corrected chi connectivity index (χ4v) is 1.82. The Kier molecular flexibility index (Phi) is 2.01.